The summed E-state index contributed by atoms with van der Waals surface area (Å²) in [7, 11) is 1.51. The molecule has 0 saturated carbocycles. The van der Waals surface area contributed by atoms with Crippen molar-refractivity contribution in [3.05, 3.63) is 17.3 Å². The van der Waals surface area contributed by atoms with Crippen LogP contribution in [0.4, 0.5) is 17.1 Å². The number of anilines is 1. The number of nitrogen functional groups attached to an aromatic ring is 1. The highest BCUT2D eigenvalue weighted by atomic mass is 16.5. The Morgan fingerprint density at radius 3 is 3.00 bits per heavy atom. The maximum absolute atomic E-state index is 11.2. The van der Waals surface area contributed by atoms with Crippen molar-refractivity contribution in [1.82, 2.24) is 0 Å². The fourth-order valence-electron chi connectivity index (χ4n) is 1.26. The van der Waals surface area contributed by atoms with Crippen molar-refractivity contribution in [2.75, 3.05) is 12.8 Å². The SMILES string of the molecule is COc1cc2c(cc1N)N=C[NH+]2[O-]. The van der Waals surface area contributed by atoms with E-state index in [-0.39, 0.29) is 5.06 Å². The third-order valence-corrected chi connectivity index (χ3v) is 1.93. The van der Waals surface area contributed by atoms with Gasteiger partial charge in [0.15, 0.2) is 12.0 Å². The molecule has 68 valence electrons. The molecule has 3 N–H and O–H groups in total. The second-order valence-corrected chi connectivity index (χ2v) is 2.73. The second-order valence-electron chi connectivity index (χ2n) is 2.73. The molecule has 1 heterocycles. The van der Waals surface area contributed by atoms with E-state index in [0.717, 1.165) is 0 Å². The van der Waals surface area contributed by atoms with E-state index in [9.17, 15) is 5.21 Å². The van der Waals surface area contributed by atoms with Gasteiger partial charge >= 0.3 is 0 Å². The van der Waals surface area contributed by atoms with Gasteiger partial charge in [-0.15, -0.1) is 0 Å². The van der Waals surface area contributed by atoms with Crippen LogP contribution in [-0.4, -0.2) is 13.4 Å². The van der Waals surface area contributed by atoms with Crippen molar-refractivity contribution in [1.29, 1.82) is 0 Å². The van der Waals surface area contributed by atoms with Crippen LogP contribution in [0.5, 0.6) is 5.75 Å². The Hall–Kier alpha value is -1.59. The molecule has 0 bridgehead atoms. The van der Waals surface area contributed by atoms with Gasteiger partial charge in [-0.2, -0.15) is 4.99 Å². The Labute approximate surface area is 75.0 Å². The van der Waals surface area contributed by atoms with Crippen LogP contribution in [0, 0.1) is 5.21 Å². The number of fused-ring (bicyclic) bond motifs is 1. The molecule has 1 aliphatic rings. The van der Waals surface area contributed by atoms with Gasteiger partial charge in [-0.05, 0) is 6.07 Å². The molecule has 2 rings (SSSR count). The third kappa shape index (κ3) is 1.14. The zero-order chi connectivity index (χ0) is 9.42. The number of hydroxylamine groups is 1. The molecule has 1 aliphatic heterocycles. The molecular weight excluding hydrogens is 170 g/mol. The van der Waals surface area contributed by atoms with E-state index in [2.05, 4.69) is 4.99 Å². The number of quaternary nitrogens is 1. The highest BCUT2D eigenvalue weighted by Crippen LogP contribution is 2.33. The van der Waals surface area contributed by atoms with E-state index < -0.39 is 0 Å². The van der Waals surface area contributed by atoms with Crippen LogP contribution in [-0.2, 0) is 0 Å². The number of aliphatic imine (C=N–C) groups is 1. The lowest BCUT2D eigenvalue weighted by Crippen LogP contribution is -2.99. The first-order chi connectivity index (χ1) is 6.22. The molecule has 0 aliphatic carbocycles. The minimum Gasteiger partial charge on any atom is -0.623 e. The summed E-state index contributed by atoms with van der Waals surface area (Å²) >= 11 is 0. The molecular formula is C8H9N3O2. The minimum atomic E-state index is -0.103. The topological polar surface area (TPSA) is 75.1 Å². The molecule has 0 amide bonds. The highest BCUT2D eigenvalue weighted by Gasteiger charge is 2.17. The Bertz CT molecular complexity index is 376. The van der Waals surface area contributed by atoms with Crippen molar-refractivity contribution >= 4 is 23.4 Å². The highest BCUT2D eigenvalue weighted by molar-refractivity contribution is 5.78. The van der Waals surface area contributed by atoms with E-state index in [4.69, 9.17) is 10.5 Å². The van der Waals surface area contributed by atoms with Crippen molar-refractivity contribution < 1.29 is 9.80 Å². The first-order valence-corrected chi connectivity index (χ1v) is 3.78. The molecule has 5 heteroatoms. The largest absolute Gasteiger partial charge is 0.623 e. The zero-order valence-corrected chi connectivity index (χ0v) is 7.07. The lowest BCUT2D eigenvalue weighted by atomic mass is 10.2. The summed E-state index contributed by atoms with van der Waals surface area (Å²) in [6, 6.07) is 3.25. The maximum atomic E-state index is 11.2. The van der Waals surface area contributed by atoms with Gasteiger partial charge in [0.25, 0.3) is 0 Å². The molecule has 13 heavy (non-hydrogen) atoms. The summed E-state index contributed by atoms with van der Waals surface area (Å²) < 4.78 is 4.99. The minimum absolute atomic E-state index is 0.103. The van der Waals surface area contributed by atoms with Crippen molar-refractivity contribution in [2.45, 2.75) is 0 Å². The number of hydrogen-bond acceptors (Lipinski definition) is 4. The summed E-state index contributed by atoms with van der Waals surface area (Å²) in [4.78, 5) is 3.91. The van der Waals surface area contributed by atoms with Crippen molar-refractivity contribution in [3.63, 3.8) is 0 Å². The van der Waals surface area contributed by atoms with Crippen LogP contribution >= 0.6 is 0 Å². The Morgan fingerprint density at radius 2 is 2.31 bits per heavy atom. The van der Waals surface area contributed by atoms with Gasteiger partial charge < -0.3 is 15.7 Å². The molecule has 1 unspecified atom stereocenters. The molecule has 0 fully saturated rings. The molecule has 5 nitrogen and oxygen atoms in total. The smallest absolute Gasteiger partial charge is 0.194 e. The first-order valence-electron chi connectivity index (χ1n) is 3.78. The summed E-state index contributed by atoms with van der Waals surface area (Å²) in [6.45, 7) is 0. The van der Waals surface area contributed by atoms with Gasteiger partial charge in [0.1, 0.15) is 11.4 Å². The van der Waals surface area contributed by atoms with Crippen LogP contribution in [0.1, 0.15) is 0 Å². The van der Waals surface area contributed by atoms with Gasteiger partial charge in [0.2, 0.25) is 0 Å². The van der Waals surface area contributed by atoms with E-state index in [1.807, 2.05) is 0 Å². The van der Waals surface area contributed by atoms with E-state index in [0.29, 0.717) is 22.8 Å². The third-order valence-electron chi connectivity index (χ3n) is 1.93. The fourth-order valence-corrected chi connectivity index (χ4v) is 1.26. The predicted octanol–water partition coefficient (Wildman–Crippen LogP) is -0.0350. The maximum Gasteiger partial charge on any atom is 0.194 e. The summed E-state index contributed by atoms with van der Waals surface area (Å²) in [5.41, 5.74) is 7.29. The summed E-state index contributed by atoms with van der Waals surface area (Å²) in [5.74, 6) is 0.512. The number of ether oxygens (including phenoxy) is 1. The lowest BCUT2D eigenvalue weighted by molar-refractivity contribution is -0.655. The van der Waals surface area contributed by atoms with Gasteiger partial charge in [-0.25, -0.2) is 0 Å². The number of nitrogens with zero attached hydrogens (tertiary/aromatic N) is 1. The second kappa shape index (κ2) is 2.72. The first kappa shape index (κ1) is 8.03. The van der Waals surface area contributed by atoms with Crippen LogP contribution in [0.25, 0.3) is 0 Å². The average Bonchev–Trinajstić information content (AvgIpc) is 2.46. The van der Waals surface area contributed by atoms with Crippen LogP contribution in [0.3, 0.4) is 0 Å². The van der Waals surface area contributed by atoms with Gasteiger partial charge in [-0.1, -0.05) is 0 Å². The normalized spacial score (nSPS) is 18.8. The fraction of sp³-hybridized carbons (Fsp3) is 0.125. The molecule has 1 aromatic carbocycles. The molecule has 0 saturated heterocycles. The monoisotopic (exact) mass is 179 g/mol. The predicted molar refractivity (Wildman–Crippen MR) is 49.5 cm³/mol. The zero-order valence-electron chi connectivity index (χ0n) is 7.07. The standard InChI is InChI=1S/C8H9N3O2/c1-13-8-3-7-6(2-5(8)9)10-4-11(7)12/h2-4,11H,9H2,1H3. The average molecular weight is 179 g/mol. The van der Waals surface area contributed by atoms with Crippen LogP contribution in [0.15, 0.2) is 17.1 Å². The van der Waals surface area contributed by atoms with Gasteiger partial charge in [-0.3, -0.25) is 5.06 Å². The van der Waals surface area contributed by atoms with Crippen molar-refractivity contribution in [2.24, 2.45) is 4.99 Å². The Kier molecular flexibility index (Phi) is 1.68. The molecule has 1 aromatic rings. The van der Waals surface area contributed by atoms with Gasteiger partial charge in [0, 0.05) is 6.07 Å². The lowest BCUT2D eigenvalue weighted by Gasteiger charge is -2.13. The van der Waals surface area contributed by atoms with Crippen molar-refractivity contribution in [3.8, 4) is 5.75 Å². The van der Waals surface area contributed by atoms with E-state index in [1.165, 1.54) is 13.4 Å². The molecule has 0 aromatic heterocycles. The van der Waals surface area contributed by atoms with E-state index >= 15 is 0 Å². The van der Waals surface area contributed by atoms with Crippen LogP contribution < -0.4 is 15.5 Å². The van der Waals surface area contributed by atoms with Crippen LogP contribution in [0.2, 0.25) is 0 Å². The number of nitrogens with one attached hydrogen (secondary N) is 1. The number of hydrogen-bond donors (Lipinski definition) is 2. The number of rotatable bonds is 1. The number of benzene rings is 1. The van der Waals surface area contributed by atoms with E-state index in [1.54, 1.807) is 12.1 Å². The Morgan fingerprint density at radius 1 is 1.54 bits per heavy atom. The quantitative estimate of drug-likeness (QED) is 0.469. The number of nitrogens with two attached hydrogens (primary N) is 1. The van der Waals surface area contributed by atoms with Gasteiger partial charge in [0.05, 0.1) is 12.8 Å². The molecule has 0 radical (unpaired) electrons. The summed E-state index contributed by atoms with van der Waals surface area (Å²) in [6.07, 6.45) is 1.28. The molecule has 1 atom stereocenters. The molecule has 0 spiro atoms. The number of methoxy groups -OCH3 is 1. The summed E-state index contributed by atoms with van der Waals surface area (Å²) in [5, 5.41) is 11.1. The Balaban J connectivity index is 2.55.